The van der Waals surface area contributed by atoms with Gasteiger partial charge in [-0.1, -0.05) is 17.7 Å². The van der Waals surface area contributed by atoms with Crippen molar-refractivity contribution < 1.29 is 17.6 Å². The molecule has 1 aliphatic rings. The molecule has 1 heterocycles. The second-order valence-electron chi connectivity index (χ2n) is 6.91. The standard InChI is InChI=1S/C20H18ClF4N3/c1-27-7-6-17(12-27)28(16-5-3-13(10-26)19(21)9-16)11-14-2-4-15(22)8-18(14)20(23,24)25/h2-5,8-9,17H,6-7,11-12H2,1H3/t17-/m0/s1. The van der Waals surface area contributed by atoms with Crippen molar-refractivity contribution in [3.63, 3.8) is 0 Å². The van der Waals surface area contributed by atoms with Gasteiger partial charge in [-0.3, -0.25) is 0 Å². The minimum Gasteiger partial charge on any atom is -0.363 e. The fourth-order valence-electron chi connectivity index (χ4n) is 3.50. The highest BCUT2D eigenvalue weighted by atomic mass is 35.5. The number of hydrogen-bond acceptors (Lipinski definition) is 3. The predicted molar refractivity (Wildman–Crippen MR) is 99.7 cm³/mol. The summed E-state index contributed by atoms with van der Waals surface area (Å²) in [6.07, 6.45) is -3.88. The van der Waals surface area contributed by atoms with Crippen LogP contribution in [0.5, 0.6) is 0 Å². The molecule has 0 amide bonds. The van der Waals surface area contributed by atoms with Crippen LogP contribution in [0.2, 0.25) is 5.02 Å². The van der Waals surface area contributed by atoms with Crippen LogP contribution in [-0.2, 0) is 12.7 Å². The van der Waals surface area contributed by atoms with Gasteiger partial charge in [-0.05, 0) is 55.9 Å². The quantitative estimate of drug-likeness (QED) is 0.657. The zero-order valence-electron chi connectivity index (χ0n) is 15.1. The van der Waals surface area contributed by atoms with E-state index in [4.69, 9.17) is 16.9 Å². The maximum Gasteiger partial charge on any atom is 0.416 e. The summed E-state index contributed by atoms with van der Waals surface area (Å²) in [6.45, 7) is 1.46. The van der Waals surface area contributed by atoms with Crippen LogP contribution in [0.1, 0.15) is 23.1 Å². The lowest BCUT2D eigenvalue weighted by atomic mass is 10.0. The van der Waals surface area contributed by atoms with Crippen LogP contribution in [-0.4, -0.2) is 31.1 Å². The summed E-state index contributed by atoms with van der Waals surface area (Å²) in [7, 11) is 1.95. The van der Waals surface area contributed by atoms with Crippen LogP contribution in [0.4, 0.5) is 23.2 Å². The summed E-state index contributed by atoms with van der Waals surface area (Å²) in [4.78, 5) is 3.94. The zero-order valence-corrected chi connectivity index (χ0v) is 15.9. The van der Waals surface area contributed by atoms with Crippen LogP contribution in [0.15, 0.2) is 36.4 Å². The van der Waals surface area contributed by atoms with Gasteiger partial charge in [0, 0.05) is 24.8 Å². The van der Waals surface area contributed by atoms with Crippen molar-refractivity contribution in [3.8, 4) is 6.07 Å². The summed E-state index contributed by atoms with van der Waals surface area (Å²) in [6, 6.07) is 9.51. The van der Waals surface area contributed by atoms with E-state index in [1.165, 1.54) is 6.07 Å². The van der Waals surface area contributed by atoms with E-state index in [9.17, 15) is 17.6 Å². The Morgan fingerprint density at radius 3 is 2.57 bits per heavy atom. The van der Waals surface area contributed by atoms with E-state index in [0.29, 0.717) is 23.9 Å². The van der Waals surface area contributed by atoms with Gasteiger partial charge in [0.25, 0.3) is 0 Å². The molecule has 0 saturated carbocycles. The lowest BCUT2D eigenvalue weighted by Crippen LogP contribution is -2.37. The van der Waals surface area contributed by atoms with Gasteiger partial charge in [0.15, 0.2) is 0 Å². The molecule has 1 fully saturated rings. The Bertz CT molecular complexity index is 907. The first kappa shape index (κ1) is 20.4. The molecule has 148 valence electrons. The molecule has 3 nitrogen and oxygen atoms in total. The van der Waals surface area contributed by atoms with Crippen LogP contribution < -0.4 is 4.90 Å². The fourth-order valence-corrected chi connectivity index (χ4v) is 3.72. The Morgan fingerprint density at radius 1 is 1.25 bits per heavy atom. The van der Waals surface area contributed by atoms with Gasteiger partial charge in [0.1, 0.15) is 11.9 Å². The molecule has 0 spiro atoms. The van der Waals surface area contributed by atoms with Crippen LogP contribution in [0.3, 0.4) is 0 Å². The van der Waals surface area contributed by atoms with Crippen molar-refractivity contribution in [2.45, 2.75) is 25.2 Å². The van der Waals surface area contributed by atoms with Gasteiger partial charge in [0.2, 0.25) is 0 Å². The number of likely N-dealkylation sites (tertiary alicyclic amines) is 1. The second-order valence-corrected chi connectivity index (χ2v) is 7.32. The first-order chi connectivity index (χ1) is 13.2. The van der Waals surface area contributed by atoms with E-state index in [1.807, 2.05) is 18.0 Å². The maximum absolute atomic E-state index is 13.5. The Labute approximate surface area is 165 Å². The molecule has 2 aromatic rings. The number of nitrogens with zero attached hydrogens (tertiary/aromatic N) is 3. The van der Waals surface area contributed by atoms with E-state index >= 15 is 0 Å². The molecule has 0 N–H and O–H groups in total. The molecule has 1 atom stereocenters. The maximum atomic E-state index is 13.5. The number of halogens is 5. The highest BCUT2D eigenvalue weighted by molar-refractivity contribution is 6.32. The summed E-state index contributed by atoms with van der Waals surface area (Å²) < 4.78 is 53.8. The van der Waals surface area contributed by atoms with Gasteiger partial charge in [-0.15, -0.1) is 0 Å². The van der Waals surface area contributed by atoms with E-state index in [2.05, 4.69) is 4.90 Å². The van der Waals surface area contributed by atoms with E-state index < -0.39 is 17.6 Å². The van der Waals surface area contributed by atoms with Crippen molar-refractivity contribution in [1.29, 1.82) is 5.26 Å². The van der Waals surface area contributed by atoms with Crippen molar-refractivity contribution >= 4 is 17.3 Å². The van der Waals surface area contributed by atoms with Gasteiger partial charge < -0.3 is 9.80 Å². The molecule has 1 saturated heterocycles. The highest BCUT2D eigenvalue weighted by Gasteiger charge is 2.35. The van der Waals surface area contributed by atoms with Gasteiger partial charge in [-0.2, -0.15) is 18.4 Å². The second kappa shape index (κ2) is 7.98. The molecule has 0 aromatic heterocycles. The molecule has 1 aliphatic heterocycles. The average molecular weight is 412 g/mol. The monoisotopic (exact) mass is 411 g/mol. The van der Waals surface area contributed by atoms with Gasteiger partial charge >= 0.3 is 6.18 Å². The van der Waals surface area contributed by atoms with Crippen LogP contribution in [0, 0.1) is 17.1 Å². The molecule has 0 aliphatic carbocycles. The van der Waals surface area contributed by atoms with Gasteiger partial charge in [0.05, 0.1) is 16.1 Å². The van der Waals surface area contributed by atoms with E-state index in [-0.39, 0.29) is 23.2 Å². The SMILES string of the molecule is CN1CC[C@H](N(Cc2ccc(F)cc2C(F)(F)F)c2ccc(C#N)c(Cl)c2)C1. The lowest BCUT2D eigenvalue weighted by molar-refractivity contribution is -0.138. The van der Waals surface area contributed by atoms with Crippen molar-refractivity contribution in [3.05, 3.63) is 63.9 Å². The largest absolute Gasteiger partial charge is 0.416 e. The molecule has 8 heteroatoms. The lowest BCUT2D eigenvalue weighted by Gasteiger charge is -2.32. The van der Waals surface area contributed by atoms with Crippen LogP contribution in [0.25, 0.3) is 0 Å². The summed E-state index contributed by atoms with van der Waals surface area (Å²) >= 11 is 6.15. The molecule has 28 heavy (non-hydrogen) atoms. The molecule has 2 aromatic carbocycles. The Balaban J connectivity index is 2.02. The number of alkyl halides is 3. The predicted octanol–water partition coefficient (Wildman–Crippen LogP) is 5.08. The number of benzene rings is 2. The average Bonchev–Trinajstić information content (AvgIpc) is 3.06. The Kier molecular flexibility index (Phi) is 5.82. The third kappa shape index (κ3) is 4.40. The zero-order chi connectivity index (χ0) is 20.5. The molecule has 3 rings (SSSR count). The molecule has 0 radical (unpaired) electrons. The minimum absolute atomic E-state index is 0.0102. The van der Waals surface area contributed by atoms with E-state index in [1.54, 1.807) is 18.2 Å². The van der Waals surface area contributed by atoms with Crippen molar-refractivity contribution in [2.75, 3.05) is 25.0 Å². The summed E-state index contributed by atoms with van der Waals surface area (Å²) in [5.41, 5.74) is -0.0686. The molecular weight excluding hydrogens is 394 g/mol. The topological polar surface area (TPSA) is 30.3 Å². The molecule has 0 unspecified atom stereocenters. The highest BCUT2D eigenvalue weighted by Crippen LogP contribution is 2.35. The van der Waals surface area contributed by atoms with E-state index in [0.717, 1.165) is 19.0 Å². The Hall–Kier alpha value is -2.30. The van der Waals surface area contributed by atoms with Crippen molar-refractivity contribution in [1.82, 2.24) is 4.90 Å². The normalized spacial score (nSPS) is 17.5. The van der Waals surface area contributed by atoms with Crippen molar-refractivity contribution in [2.24, 2.45) is 0 Å². The first-order valence-corrected chi connectivity index (χ1v) is 9.07. The summed E-state index contributed by atoms with van der Waals surface area (Å²) in [5, 5.41) is 9.31. The summed E-state index contributed by atoms with van der Waals surface area (Å²) in [5.74, 6) is -0.926. The Morgan fingerprint density at radius 2 is 2.00 bits per heavy atom. The molecular formula is C20H18ClF4N3. The van der Waals surface area contributed by atoms with Crippen LogP contribution >= 0.6 is 11.6 Å². The third-order valence-electron chi connectivity index (χ3n) is 4.93. The third-order valence-corrected chi connectivity index (χ3v) is 5.24. The number of likely N-dealkylation sites (N-methyl/N-ethyl adjacent to an activating group) is 1. The molecule has 0 bridgehead atoms. The smallest absolute Gasteiger partial charge is 0.363 e. The number of nitriles is 1. The number of hydrogen-bond donors (Lipinski definition) is 0. The van der Waals surface area contributed by atoms with Gasteiger partial charge in [-0.25, -0.2) is 4.39 Å². The first-order valence-electron chi connectivity index (χ1n) is 8.69. The number of rotatable bonds is 4. The fraction of sp³-hybridized carbons (Fsp3) is 0.350. The minimum atomic E-state index is -4.65. The number of anilines is 1.